The van der Waals surface area contributed by atoms with Crippen LogP contribution in [0, 0.1) is 0 Å². The second kappa shape index (κ2) is 19.0. The SMILES string of the molecule is CCOC(=O)CNCC(COc1ccccc1)OC(=O)C(=O)OC(CNCC(=O)OCC)COc1ccccc1. The number of carbonyl (C=O) groups excluding carboxylic acids is 4. The first kappa shape index (κ1) is 32.1. The number of para-hydroxylation sites is 2. The number of rotatable bonds is 18. The third-order valence-electron chi connectivity index (χ3n) is 4.97. The minimum atomic E-state index is -1.25. The number of nitrogens with one attached hydrogen (secondary N) is 2. The highest BCUT2D eigenvalue weighted by molar-refractivity contribution is 6.29. The van der Waals surface area contributed by atoms with Crippen molar-refractivity contribution in [1.29, 1.82) is 0 Å². The van der Waals surface area contributed by atoms with Gasteiger partial charge in [0, 0.05) is 13.1 Å². The van der Waals surface area contributed by atoms with Crippen LogP contribution in [-0.2, 0) is 38.1 Å². The lowest BCUT2D eigenvalue weighted by atomic mass is 10.3. The Hall–Kier alpha value is -4.16. The van der Waals surface area contributed by atoms with Gasteiger partial charge in [0.25, 0.3) is 0 Å². The van der Waals surface area contributed by atoms with Gasteiger partial charge in [0.2, 0.25) is 0 Å². The van der Waals surface area contributed by atoms with E-state index in [1.165, 1.54) is 0 Å². The molecule has 2 aromatic carbocycles. The van der Waals surface area contributed by atoms with Crippen LogP contribution < -0.4 is 20.1 Å². The molecule has 0 saturated heterocycles. The largest absolute Gasteiger partial charge is 0.490 e. The molecule has 0 aromatic heterocycles. The highest BCUT2D eigenvalue weighted by Gasteiger charge is 2.27. The van der Waals surface area contributed by atoms with E-state index in [-0.39, 0.29) is 52.6 Å². The number of ether oxygens (including phenoxy) is 6. The molecule has 0 bridgehead atoms. The summed E-state index contributed by atoms with van der Waals surface area (Å²) in [6.07, 6.45) is -1.87. The Morgan fingerprint density at radius 1 is 0.625 bits per heavy atom. The Kier molecular flexibility index (Phi) is 15.2. The summed E-state index contributed by atoms with van der Waals surface area (Å²) in [5.41, 5.74) is 0. The molecule has 2 unspecified atom stereocenters. The van der Waals surface area contributed by atoms with Crippen molar-refractivity contribution in [3.05, 3.63) is 60.7 Å². The zero-order valence-corrected chi connectivity index (χ0v) is 22.7. The van der Waals surface area contributed by atoms with Crippen molar-refractivity contribution >= 4 is 23.9 Å². The fourth-order valence-corrected chi connectivity index (χ4v) is 3.17. The van der Waals surface area contributed by atoms with Crippen LogP contribution in [0.5, 0.6) is 11.5 Å². The maximum absolute atomic E-state index is 12.6. The molecule has 0 amide bonds. The zero-order chi connectivity index (χ0) is 29.0. The summed E-state index contributed by atoms with van der Waals surface area (Å²) in [6, 6.07) is 17.6. The van der Waals surface area contributed by atoms with E-state index < -0.39 is 36.1 Å². The van der Waals surface area contributed by atoms with Crippen LogP contribution in [0.25, 0.3) is 0 Å². The van der Waals surface area contributed by atoms with Crippen molar-refractivity contribution < 1.29 is 47.6 Å². The van der Waals surface area contributed by atoms with E-state index in [0.717, 1.165) is 0 Å². The lowest BCUT2D eigenvalue weighted by Crippen LogP contribution is -2.42. The molecular weight excluding hydrogens is 524 g/mol. The Labute approximate surface area is 233 Å². The van der Waals surface area contributed by atoms with E-state index in [4.69, 9.17) is 28.4 Å². The summed E-state index contributed by atoms with van der Waals surface area (Å²) in [5.74, 6) is -2.41. The second-order valence-corrected chi connectivity index (χ2v) is 8.17. The molecule has 40 heavy (non-hydrogen) atoms. The van der Waals surface area contributed by atoms with Crippen molar-refractivity contribution in [1.82, 2.24) is 10.6 Å². The van der Waals surface area contributed by atoms with Crippen molar-refractivity contribution in [3.8, 4) is 11.5 Å². The van der Waals surface area contributed by atoms with Gasteiger partial charge in [-0.1, -0.05) is 36.4 Å². The molecule has 0 aliphatic carbocycles. The second-order valence-electron chi connectivity index (χ2n) is 8.17. The summed E-state index contributed by atoms with van der Waals surface area (Å²) < 4.78 is 31.7. The van der Waals surface area contributed by atoms with Gasteiger partial charge in [0.15, 0.2) is 0 Å². The topological polar surface area (TPSA) is 148 Å². The van der Waals surface area contributed by atoms with E-state index in [0.29, 0.717) is 11.5 Å². The maximum Gasteiger partial charge on any atom is 0.417 e. The van der Waals surface area contributed by atoms with Gasteiger partial charge in [-0.2, -0.15) is 0 Å². The first-order chi connectivity index (χ1) is 19.4. The minimum absolute atomic E-state index is 0.00626. The quantitative estimate of drug-likeness (QED) is 0.154. The predicted molar refractivity (Wildman–Crippen MR) is 143 cm³/mol. The first-order valence-corrected chi connectivity index (χ1v) is 12.9. The molecule has 12 nitrogen and oxygen atoms in total. The van der Waals surface area contributed by atoms with Crippen LogP contribution in [-0.4, -0.2) is 88.7 Å². The lowest BCUT2D eigenvalue weighted by Gasteiger charge is -2.21. The summed E-state index contributed by atoms with van der Waals surface area (Å²) in [4.78, 5) is 48.5. The van der Waals surface area contributed by atoms with E-state index in [1.807, 2.05) is 12.1 Å². The fraction of sp³-hybridized carbons (Fsp3) is 0.429. The van der Waals surface area contributed by atoms with Crippen LogP contribution in [0.15, 0.2) is 60.7 Å². The Balaban J connectivity index is 1.97. The predicted octanol–water partition coefficient (Wildman–Crippen LogP) is 1.27. The van der Waals surface area contributed by atoms with Gasteiger partial charge in [0.1, 0.15) is 36.9 Å². The summed E-state index contributed by atoms with van der Waals surface area (Å²) in [5, 5.41) is 5.64. The first-order valence-electron chi connectivity index (χ1n) is 12.9. The molecule has 0 spiro atoms. The highest BCUT2D eigenvalue weighted by Crippen LogP contribution is 2.11. The number of esters is 4. The van der Waals surface area contributed by atoms with E-state index in [1.54, 1.807) is 62.4 Å². The maximum atomic E-state index is 12.6. The van der Waals surface area contributed by atoms with Crippen molar-refractivity contribution in [2.75, 3.05) is 52.6 Å². The van der Waals surface area contributed by atoms with E-state index >= 15 is 0 Å². The minimum Gasteiger partial charge on any atom is -0.490 e. The molecule has 0 heterocycles. The summed E-state index contributed by atoms with van der Waals surface area (Å²) >= 11 is 0. The third-order valence-corrected chi connectivity index (χ3v) is 4.97. The van der Waals surface area contributed by atoms with Crippen molar-refractivity contribution in [3.63, 3.8) is 0 Å². The van der Waals surface area contributed by atoms with Gasteiger partial charge in [-0.3, -0.25) is 9.59 Å². The number of hydrogen-bond acceptors (Lipinski definition) is 12. The molecule has 2 aromatic rings. The van der Waals surface area contributed by atoms with Crippen LogP contribution >= 0.6 is 0 Å². The molecule has 0 saturated carbocycles. The standard InChI is InChI=1S/C28H36N2O10/c1-3-35-25(31)17-29-15-23(19-37-21-11-7-5-8-12-21)39-27(33)28(34)40-24(16-30-18-26(32)36-4-2)20-38-22-13-9-6-10-14-22/h5-14,23-24,29-30H,3-4,15-20H2,1-2H3. The molecule has 0 radical (unpaired) electrons. The van der Waals surface area contributed by atoms with Crippen LogP contribution in [0.4, 0.5) is 0 Å². The van der Waals surface area contributed by atoms with Gasteiger partial charge in [-0.05, 0) is 38.1 Å². The molecule has 2 N–H and O–H groups in total. The monoisotopic (exact) mass is 560 g/mol. The normalized spacial score (nSPS) is 11.9. The van der Waals surface area contributed by atoms with Gasteiger partial charge in [-0.15, -0.1) is 0 Å². The van der Waals surface area contributed by atoms with Gasteiger partial charge in [-0.25, -0.2) is 9.59 Å². The molecule has 0 fully saturated rings. The van der Waals surface area contributed by atoms with Gasteiger partial charge in [0.05, 0.1) is 26.3 Å². The van der Waals surface area contributed by atoms with Crippen molar-refractivity contribution in [2.45, 2.75) is 26.1 Å². The third kappa shape index (κ3) is 13.6. The van der Waals surface area contributed by atoms with Crippen LogP contribution in [0.2, 0.25) is 0 Å². The molecule has 2 rings (SSSR count). The Bertz CT molecular complexity index is 952. The average molecular weight is 561 g/mol. The molecular formula is C28H36N2O10. The number of hydrogen-bond donors (Lipinski definition) is 2. The van der Waals surface area contributed by atoms with Crippen LogP contribution in [0.1, 0.15) is 13.8 Å². The molecule has 218 valence electrons. The Morgan fingerprint density at radius 2 is 1.00 bits per heavy atom. The lowest BCUT2D eigenvalue weighted by molar-refractivity contribution is -0.175. The molecule has 2 atom stereocenters. The van der Waals surface area contributed by atoms with Gasteiger partial charge < -0.3 is 39.1 Å². The van der Waals surface area contributed by atoms with Gasteiger partial charge >= 0.3 is 23.9 Å². The molecule has 12 heteroatoms. The summed E-state index contributed by atoms with van der Waals surface area (Å²) in [7, 11) is 0. The number of carbonyl (C=O) groups is 4. The van der Waals surface area contributed by atoms with E-state index in [2.05, 4.69) is 10.6 Å². The fourth-order valence-electron chi connectivity index (χ4n) is 3.17. The highest BCUT2D eigenvalue weighted by atomic mass is 16.6. The van der Waals surface area contributed by atoms with Crippen LogP contribution in [0.3, 0.4) is 0 Å². The zero-order valence-electron chi connectivity index (χ0n) is 22.7. The molecule has 0 aliphatic rings. The van der Waals surface area contributed by atoms with Crippen molar-refractivity contribution in [2.24, 2.45) is 0 Å². The smallest absolute Gasteiger partial charge is 0.417 e. The van der Waals surface area contributed by atoms with E-state index in [9.17, 15) is 19.2 Å². The Morgan fingerprint density at radius 3 is 1.35 bits per heavy atom. The molecule has 0 aliphatic heterocycles. The number of benzene rings is 2. The average Bonchev–Trinajstić information content (AvgIpc) is 2.95. The summed E-state index contributed by atoms with van der Waals surface area (Å²) in [6.45, 7) is 3.40.